The maximum atomic E-state index is 13.5. The number of halogens is 1. The highest BCUT2D eigenvalue weighted by Crippen LogP contribution is 2.38. The Hall–Kier alpha value is -3.06. The van der Waals surface area contributed by atoms with Crippen molar-refractivity contribution in [2.45, 2.75) is 13.0 Å². The molecule has 3 rings (SSSR count). The second-order valence-corrected chi connectivity index (χ2v) is 7.84. The molecule has 1 aliphatic rings. The van der Waals surface area contributed by atoms with Crippen molar-refractivity contribution in [2.75, 3.05) is 34.3 Å². The SMILES string of the molecule is COc1ccc(C(=O)C2C(=O)C(=O)N(CC[NH+](C)C)C2c2ccc(F)cc2)cc1C. The number of nitrogens with one attached hydrogen (secondary N) is 1. The van der Waals surface area contributed by atoms with E-state index in [0.717, 1.165) is 10.5 Å². The summed E-state index contributed by atoms with van der Waals surface area (Å²) in [5.41, 5.74) is 1.66. The number of benzene rings is 2. The Balaban J connectivity index is 2.04. The number of Topliss-reactive ketones (excluding diaryl/α,β-unsaturated/α-hetero) is 2. The number of carbonyl (C=O) groups excluding carboxylic acids is 3. The van der Waals surface area contributed by atoms with Crippen LogP contribution in [0, 0.1) is 18.7 Å². The van der Waals surface area contributed by atoms with E-state index >= 15 is 0 Å². The van der Waals surface area contributed by atoms with Gasteiger partial charge in [0.05, 0.1) is 40.3 Å². The van der Waals surface area contributed by atoms with E-state index in [1.54, 1.807) is 25.1 Å². The molecule has 1 N–H and O–H groups in total. The predicted octanol–water partition coefficient (Wildman–Crippen LogP) is 1.24. The molecule has 1 aliphatic heterocycles. The molecular formula is C23H26FN2O4+. The maximum absolute atomic E-state index is 13.5. The minimum atomic E-state index is -1.17. The van der Waals surface area contributed by atoms with E-state index in [2.05, 4.69) is 0 Å². The quantitative estimate of drug-likeness (QED) is 0.421. The third-order valence-electron chi connectivity index (χ3n) is 5.43. The van der Waals surface area contributed by atoms with Crippen LogP contribution in [0.4, 0.5) is 4.39 Å². The van der Waals surface area contributed by atoms with Gasteiger partial charge in [-0.15, -0.1) is 0 Å². The molecule has 1 saturated heterocycles. The average molecular weight is 413 g/mol. The zero-order valence-electron chi connectivity index (χ0n) is 17.6. The number of likely N-dealkylation sites (tertiary alicyclic amines) is 1. The van der Waals surface area contributed by atoms with Gasteiger partial charge in [0.25, 0.3) is 5.91 Å². The fourth-order valence-corrected chi connectivity index (χ4v) is 3.81. The van der Waals surface area contributed by atoms with E-state index in [9.17, 15) is 18.8 Å². The molecule has 2 aromatic carbocycles. The number of rotatable bonds is 7. The molecule has 1 amide bonds. The van der Waals surface area contributed by atoms with Crippen LogP contribution in [0.2, 0.25) is 0 Å². The summed E-state index contributed by atoms with van der Waals surface area (Å²) < 4.78 is 18.7. The zero-order chi connectivity index (χ0) is 22.0. The van der Waals surface area contributed by atoms with Gasteiger partial charge < -0.3 is 14.5 Å². The summed E-state index contributed by atoms with van der Waals surface area (Å²) in [6.45, 7) is 2.74. The summed E-state index contributed by atoms with van der Waals surface area (Å²) in [5, 5.41) is 0. The lowest BCUT2D eigenvalue weighted by atomic mass is 9.86. The van der Waals surface area contributed by atoms with E-state index in [1.165, 1.54) is 36.3 Å². The van der Waals surface area contributed by atoms with Gasteiger partial charge in [0.2, 0.25) is 5.78 Å². The Labute approximate surface area is 175 Å². The maximum Gasteiger partial charge on any atom is 0.291 e. The molecule has 158 valence electrons. The number of aryl methyl sites for hydroxylation is 1. The lowest BCUT2D eigenvalue weighted by Gasteiger charge is -2.27. The second-order valence-electron chi connectivity index (χ2n) is 7.84. The van der Waals surface area contributed by atoms with Crippen LogP contribution in [0.25, 0.3) is 0 Å². The number of nitrogens with zero attached hydrogens (tertiary/aromatic N) is 1. The Bertz CT molecular complexity index is 972. The van der Waals surface area contributed by atoms with E-state index < -0.39 is 35.3 Å². The van der Waals surface area contributed by atoms with Crippen LogP contribution in [-0.2, 0) is 9.59 Å². The fourth-order valence-electron chi connectivity index (χ4n) is 3.81. The van der Waals surface area contributed by atoms with Crippen LogP contribution >= 0.6 is 0 Å². The fraction of sp³-hybridized carbons (Fsp3) is 0.348. The number of likely N-dealkylation sites (N-methyl/N-ethyl adjacent to an activating group) is 1. The predicted molar refractivity (Wildman–Crippen MR) is 109 cm³/mol. The normalized spacial score (nSPS) is 18.9. The third kappa shape index (κ3) is 4.11. The van der Waals surface area contributed by atoms with Gasteiger partial charge >= 0.3 is 0 Å². The first-order valence-corrected chi connectivity index (χ1v) is 9.82. The van der Waals surface area contributed by atoms with E-state index in [0.29, 0.717) is 30.0 Å². The van der Waals surface area contributed by atoms with Crippen LogP contribution in [0.1, 0.15) is 27.5 Å². The molecule has 0 saturated carbocycles. The van der Waals surface area contributed by atoms with Gasteiger partial charge in [-0.05, 0) is 48.4 Å². The molecule has 6 nitrogen and oxygen atoms in total. The van der Waals surface area contributed by atoms with Crippen LogP contribution in [0.3, 0.4) is 0 Å². The van der Waals surface area contributed by atoms with Gasteiger partial charge in [0, 0.05) is 5.56 Å². The lowest BCUT2D eigenvalue weighted by molar-refractivity contribution is -0.857. The minimum absolute atomic E-state index is 0.320. The highest BCUT2D eigenvalue weighted by Gasteiger charge is 2.51. The lowest BCUT2D eigenvalue weighted by Crippen LogP contribution is -3.06. The smallest absolute Gasteiger partial charge is 0.291 e. The number of hydrogen-bond acceptors (Lipinski definition) is 4. The topological polar surface area (TPSA) is 68.1 Å². The van der Waals surface area contributed by atoms with Crippen LogP contribution in [-0.4, -0.2) is 56.7 Å². The van der Waals surface area contributed by atoms with E-state index in [4.69, 9.17) is 4.74 Å². The number of ketones is 2. The molecule has 0 radical (unpaired) electrons. The molecular weight excluding hydrogens is 387 g/mol. The number of carbonyl (C=O) groups is 3. The highest BCUT2D eigenvalue weighted by atomic mass is 19.1. The van der Waals surface area contributed by atoms with Crippen molar-refractivity contribution in [1.29, 1.82) is 0 Å². The summed E-state index contributed by atoms with van der Waals surface area (Å²) in [6.07, 6.45) is 0. The number of amides is 1. The van der Waals surface area contributed by atoms with Crippen LogP contribution in [0.5, 0.6) is 5.75 Å². The summed E-state index contributed by atoms with van der Waals surface area (Å²) >= 11 is 0. The Morgan fingerprint density at radius 3 is 2.37 bits per heavy atom. The minimum Gasteiger partial charge on any atom is -0.496 e. The van der Waals surface area contributed by atoms with Crippen molar-refractivity contribution in [1.82, 2.24) is 4.90 Å². The van der Waals surface area contributed by atoms with Crippen molar-refractivity contribution in [3.05, 3.63) is 65.0 Å². The molecule has 0 aromatic heterocycles. The molecule has 0 bridgehead atoms. The summed E-state index contributed by atoms with van der Waals surface area (Å²) in [7, 11) is 5.42. The van der Waals surface area contributed by atoms with Crippen LogP contribution < -0.4 is 9.64 Å². The Morgan fingerprint density at radius 1 is 1.13 bits per heavy atom. The van der Waals surface area contributed by atoms with Crippen molar-refractivity contribution < 1.29 is 28.4 Å². The first kappa shape index (κ1) is 21.6. The first-order chi connectivity index (χ1) is 14.2. The number of hydrogen-bond donors (Lipinski definition) is 1. The third-order valence-corrected chi connectivity index (χ3v) is 5.43. The Kier molecular flexibility index (Phi) is 6.31. The summed E-state index contributed by atoms with van der Waals surface area (Å²) in [5.74, 6) is -2.79. The monoisotopic (exact) mass is 413 g/mol. The standard InChI is InChI=1S/C23H25FN2O4/c1-14-13-16(7-10-18(14)30-4)21(27)19-20(15-5-8-17(24)9-6-15)26(12-11-25(2)3)23(29)22(19)28/h5-10,13,19-20H,11-12H2,1-4H3/p+1. The summed E-state index contributed by atoms with van der Waals surface area (Å²) in [4.78, 5) is 41.6. The zero-order valence-corrected chi connectivity index (χ0v) is 17.6. The second kappa shape index (κ2) is 8.75. The van der Waals surface area contributed by atoms with Gasteiger partial charge in [-0.3, -0.25) is 14.4 Å². The number of quaternary nitrogens is 1. The molecule has 30 heavy (non-hydrogen) atoms. The van der Waals surface area contributed by atoms with E-state index in [1.807, 2.05) is 14.1 Å². The molecule has 2 aromatic rings. The van der Waals surface area contributed by atoms with Crippen molar-refractivity contribution in [3.63, 3.8) is 0 Å². The number of ether oxygens (including phenoxy) is 1. The van der Waals surface area contributed by atoms with Crippen molar-refractivity contribution >= 4 is 17.5 Å². The molecule has 2 unspecified atom stereocenters. The van der Waals surface area contributed by atoms with Crippen molar-refractivity contribution in [3.8, 4) is 5.75 Å². The van der Waals surface area contributed by atoms with Gasteiger partial charge in [0.15, 0.2) is 5.78 Å². The largest absolute Gasteiger partial charge is 0.496 e. The average Bonchev–Trinajstić information content (AvgIpc) is 2.96. The van der Waals surface area contributed by atoms with Gasteiger partial charge in [-0.2, -0.15) is 0 Å². The Morgan fingerprint density at radius 2 is 1.80 bits per heavy atom. The molecule has 1 heterocycles. The van der Waals surface area contributed by atoms with Crippen molar-refractivity contribution in [2.24, 2.45) is 5.92 Å². The summed E-state index contributed by atoms with van der Waals surface area (Å²) in [6, 6.07) is 9.77. The van der Waals surface area contributed by atoms with E-state index in [-0.39, 0.29) is 0 Å². The molecule has 7 heteroatoms. The van der Waals surface area contributed by atoms with Gasteiger partial charge in [0.1, 0.15) is 17.5 Å². The first-order valence-electron chi connectivity index (χ1n) is 9.82. The van der Waals surface area contributed by atoms with Gasteiger partial charge in [-0.1, -0.05) is 12.1 Å². The molecule has 0 aliphatic carbocycles. The van der Waals surface area contributed by atoms with Gasteiger partial charge in [-0.25, -0.2) is 4.39 Å². The number of methoxy groups -OCH3 is 1. The molecule has 2 atom stereocenters. The van der Waals surface area contributed by atoms with Crippen LogP contribution in [0.15, 0.2) is 42.5 Å². The molecule has 1 fully saturated rings. The highest BCUT2D eigenvalue weighted by molar-refractivity contribution is 6.44. The molecule has 0 spiro atoms.